The summed E-state index contributed by atoms with van der Waals surface area (Å²) in [6.45, 7) is 7.42. The third kappa shape index (κ3) is 13.8. The van der Waals surface area contributed by atoms with E-state index in [-0.39, 0.29) is 24.7 Å². The zero-order valence-electron chi connectivity index (χ0n) is 26.3. The summed E-state index contributed by atoms with van der Waals surface area (Å²) in [5.41, 5.74) is 2.55. The minimum atomic E-state index is -0.202. The third-order valence-corrected chi connectivity index (χ3v) is 7.88. The van der Waals surface area contributed by atoms with Gasteiger partial charge in [0.05, 0.1) is 14.1 Å². The molecule has 0 spiro atoms. The first-order chi connectivity index (χ1) is 19.4. The molecule has 2 atom stereocenters. The van der Waals surface area contributed by atoms with Crippen molar-refractivity contribution in [2.75, 3.05) is 20.7 Å². The fraction of sp³-hybridized carbons (Fsp3) is 0.639. The molecular weight excluding hydrogens is 494 g/mol. The molecule has 0 N–H and O–H groups in total. The van der Waals surface area contributed by atoms with Crippen molar-refractivity contribution >= 4 is 5.97 Å². The summed E-state index contributed by atoms with van der Waals surface area (Å²) in [7, 11) is 4.24. The lowest BCUT2D eigenvalue weighted by atomic mass is 10.0. The lowest BCUT2D eigenvalue weighted by Crippen LogP contribution is -2.53. The summed E-state index contributed by atoms with van der Waals surface area (Å²) in [6, 6.07) is 18.6. The van der Waals surface area contributed by atoms with Gasteiger partial charge in [-0.25, -0.2) is 4.79 Å². The topological polar surface area (TPSA) is 35.5 Å². The molecule has 2 rings (SSSR count). The largest absolute Gasteiger partial charge is 0.487 e. The quantitative estimate of drug-likeness (QED) is 0.0829. The van der Waals surface area contributed by atoms with E-state index in [1.807, 2.05) is 19.1 Å². The van der Waals surface area contributed by atoms with E-state index in [0.717, 1.165) is 31.6 Å². The Bertz CT molecular complexity index is 927. The molecule has 0 bridgehead atoms. The third-order valence-electron chi connectivity index (χ3n) is 7.88. The van der Waals surface area contributed by atoms with E-state index < -0.39 is 0 Å². The van der Waals surface area contributed by atoms with Crippen LogP contribution in [0, 0.1) is 0 Å². The minimum Gasteiger partial charge on any atom is -0.487 e. The summed E-state index contributed by atoms with van der Waals surface area (Å²) in [5, 5.41) is 0. The maximum Gasteiger partial charge on any atom is 0.365 e. The molecule has 0 aliphatic rings. The number of rotatable bonds is 22. The van der Waals surface area contributed by atoms with E-state index in [1.54, 1.807) is 0 Å². The van der Waals surface area contributed by atoms with Crippen LogP contribution in [-0.2, 0) is 22.5 Å². The Hall–Kier alpha value is -2.33. The lowest BCUT2D eigenvalue weighted by molar-refractivity contribution is -0.920. The average Bonchev–Trinajstić information content (AvgIpc) is 2.94. The fourth-order valence-electron chi connectivity index (χ4n) is 5.52. The molecule has 0 aliphatic carbocycles. The number of quaternary nitrogens is 1. The van der Waals surface area contributed by atoms with Crippen LogP contribution in [0.3, 0.4) is 0 Å². The highest BCUT2D eigenvalue weighted by atomic mass is 16.6. The first-order valence-electron chi connectivity index (χ1n) is 16.1. The number of esters is 1. The summed E-state index contributed by atoms with van der Waals surface area (Å²) in [5.74, 6) is 0.720. The first kappa shape index (κ1) is 33.9. The summed E-state index contributed by atoms with van der Waals surface area (Å²) < 4.78 is 12.5. The second-order valence-electron chi connectivity index (χ2n) is 12.2. The number of likely N-dealkylation sites (N-methyl/N-ethyl adjacent to an activating group) is 1. The Labute approximate surface area is 246 Å². The van der Waals surface area contributed by atoms with Gasteiger partial charge in [-0.2, -0.15) is 0 Å². The Morgan fingerprint density at radius 3 is 1.98 bits per heavy atom. The Balaban J connectivity index is 1.71. The Morgan fingerprint density at radius 1 is 0.750 bits per heavy atom. The van der Waals surface area contributed by atoms with Gasteiger partial charge in [-0.1, -0.05) is 121 Å². The number of carbonyl (C=O) groups is 1. The van der Waals surface area contributed by atoms with Gasteiger partial charge >= 0.3 is 5.97 Å². The molecule has 4 heteroatoms. The van der Waals surface area contributed by atoms with Crippen molar-refractivity contribution in [3.63, 3.8) is 0 Å². The molecule has 2 aromatic carbocycles. The highest BCUT2D eigenvalue weighted by molar-refractivity contribution is 5.74. The molecule has 0 aliphatic heterocycles. The van der Waals surface area contributed by atoms with E-state index in [2.05, 4.69) is 70.4 Å². The second kappa shape index (κ2) is 19.7. The lowest BCUT2D eigenvalue weighted by Gasteiger charge is -2.36. The van der Waals surface area contributed by atoms with Crippen molar-refractivity contribution in [3.8, 4) is 5.75 Å². The standard InChI is InChI=1S/C36H58NO3/c1-6-8-9-10-11-12-13-14-15-16-18-23-32-26-21-27-34(28-32)40-31(3)30-39-36(38)35(22-7-2)37(4,5)29-33-24-19-17-20-25-33/h17,19-21,24-28,31,35H,6-16,18,22-23,29-30H2,1-5H3/q+1. The number of unbranched alkanes of at least 4 members (excludes halogenated alkanes) is 10. The Kier molecular flexibility index (Phi) is 16.7. The van der Waals surface area contributed by atoms with Crippen molar-refractivity contribution < 1.29 is 18.8 Å². The van der Waals surface area contributed by atoms with Crippen LogP contribution >= 0.6 is 0 Å². The van der Waals surface area contributed by atoms with Crippen LogP contribution in [0.2, 0.25) is 0 Å². The molecule has 4 nitrogen and oxygen atoms in total. The van der Waals surface area contributed by atoms with Gasteiger partial charge in [-0.3, -0.25) is 0 Å². The average molecular weight is 553 g/mol. The number of ether oxygens (including phenoxy) is 2. The van der Waals surface area contributed by atoms with Gasteiger partial charge in [0.25, 0.3) is 0 Å². The second-order valence-corrected chi connectivity index (χ2v) is 12.2. The minimum absolute atomic E-state index is 0.136. The number of hydrogen-bond donors (Lipinski definition) is 0. The zero-order valence-corrected chi connectivity index (χ0v) is 26.3. The van der Waals surface area contributed by atoms with Crippen LogP contribution in [0.15, 0.2) is 54.6 Å². The molecule has 0 aromatic heterocycles. The van der Waals surface area contributed by atoms with Crippen LogP contribution in [0.5, 0.6) is 5.75 Å². The highest BCUT2D eigenvalue weighted by Crippen LogP contribution is 2.21. The molecular formula is C36H58NO3+. The molecule has 0 saturated heterocycles. The molecule has 224 valence electrons. The van der Waals surface area contributed by atoms with Crippen molar-refractivity contribution in [1.29, 1.82) is 0 Å². The van der Waals surface area contributed by atoms with Crippen molar-refractivity contribution in [2.24, 2.45) is 0 Å². The van der Waals surface area contributed by atoms with Crippen LogP contribution in [0.4, 0.5) is 0 Å². The predicted molar refractivity (Wildman–Crippen MR) is 169 cm³/mol. The molecule has 2 aromatic rings. The predicted octanol–water partition coefficient (Wildman–Crippen LogP) is 9.30. The number of carbonyl (C=O) groups excluding carboxylic acids is 1. The van der Waals surface area contributed by atoms with Gasteiger partial charge in [0.1, 0.15) is 25.0 Å². The molecule has 0 amide bonds. The van der Waals surface area contributed by atoms with E-state index in [9.17, 15) is 4.79 Å². The van der Waals surface area contributed by atoms with Gasteiger partial charge in [-0.05, 0) is 43.9 Å². The van der Waals surface area contributed by atoms with Crippen LogP contribution in [-0.4, -0.2) is 43.3 Å². The zero-order chi connectivity index (χ0) is 29.1. The molecule has 0 saturated carbocycles. The number of benzene rings is 2. The maximum absolute atomic E-state index is 13.2. The maximum atomic E-state index is 13.2. The summed E-state index contributed by atoms with van der Waals surface area (Å²) in [6.07, 6.45) is 17.6. The van der Waals surface area contributed by atoms with Crippen LogP contribution in [0.25, 0.3) is 0 Å². The van der Waals surface area contributed by atoms with Crippen LogP contribution in [0.1, 0.15) is 115 Å². The highest BCUT2D eigenvalue weighted by Gasteiger charge is 2.36. The van der Waals surface area contributed by atoms with Crippen molar-refractivity contribution in [1.82, 2.24) is 0 Å². The first-order valence-corrected chi connectivity index (χ1v) is 16.1. The van der Waals surface area contributed by atoms with E-state index in [1.165, 1.54) is 81.8 Å². The van der Waals surface area contributed by atoms with Gasteiger partial charge in [0, 0.05) is 12.0 Å². The van der Waals surface area contributed by atoms with Crippen molar-refractivity contribution in [2.45, 2.75) is 129 Å². The molecule has 0 fully saturated rings. The van der Waals surface area contributed by atoms with Crippen molar-refractivity contribution in [3.05, 3.63) is 65.7 Å². The van der Waals surface area contributed by atoms with Gasteiger partial charge in [-0.15, -0.1) is 0 Å². The molecule has 0 radical (unpaired) electrons. The number of nitrogens with zero attached hydrogens (tertiary/aromatic N) is 1. The van der Waals surface area contributed by atoms with E-state index >= 15 is 0 Å². The van der Waals surface area contributed by atoms with Gasteiger partial charge in [0.15, 0.2) is 6.04 Å². The number of hydrogen-bond acceptors (Lipinski definition) is 3. The summed E-state index contributed by atoms with van der Waals surface area (Å²) in [4.78, 5) is 13.2. The van der Waals surface area contributed by atoms with Gasteiger partial charge in [0.2, 0.25) is 0 Å². The summed E-state index contributed by atoms with van der Waals surface area (Å²) >= 11 is 0. The van der Waals surface area contributed by atoms with E-state index in [0.29, 0.717) is 4.48 Å². The molecule has 2 unspecified atom stereocenters. The molecule has 0 heterocycles. The fourth-order valence-corrected chi connectivity index (χ4v) is 5.52. The monoisotopic (exact) mass is 552 g/mol. The Morgan fingerprint density at radius 2 is 1.35 bits per heavy atom. The van der Waals surface area contributed by atoms with E-state index in [4.69, 9.17) is 9.47 Å². The normalized spacial score (nSPS) is 13.1. The van der Waals surface area contributed by atoms with Crippen LogP contribution < -0.4 is 4.74 Å². The SMILES string of the molecule is CCCCCCCCCCCCCc1cccc(OC(C)COC(=O)C(CCC)[N+](C)(C)Cc2ccccc2)c1. The smallest absolute Gasteiger partial charge is 0.365 e. The van der Waals surface area contributed by atoms with Gasteiger partial charge < -0.3 is 14.0 Å². The number of aryl methyl sites for hydroxylation is 1. The molecule has 40 heavy (non-hydrogen) atoms.